The van der Waals surface area contributed by atoms with E-state index in [1.165, 1.54) is 22.2 Å². The molecule has 3 N–H and O–H groups in total. The van der Waals surface area contributed by atoms with Gasteiger partial charge < -0.3 is 15.7 Å². The Kier molecular flexibility index (Phi) is 6.94. The molecule has 33 heavy (non-hydrogen) atoms. The van der Waals surface area contributed by atoms with Crippen molar-refractivity contribution in [2.24, 2.45) is 5.73 Å². The fraction of sp³-hybridized carbons (Fsp3) is 0.400. The number of thiophene rings is 1. The number of aromatic nitrogens is 2. The fourth-order valence-electron chi connectivity index (χ4n) is 4.23. The van der Waals surface area contributed by atoms with Crippen LogP contribution in [0.2, 0.25) is 0 Å². The van der Waals surface area contributed by atoms with E-state index in [1.54, 1.807) is 5.38 Å². The molecule has 0 aliphatic carbocycles. The highest BCUT2D eigenvalue weighted by molar-refractivity contribution is 7.17. The van der Waals surface area contributed by atoms with Gasteiger partial charge in [0.2, 0.25) is 5.91 Å². The van der Waals surface area contributed by atoms with Crippen molar-refractivity contribution in [2.75, 3.05) is 19.6 Å². The summed E-state index contributed by atoms with van der Waals surface area (Å²) in [7, 11) is 0. The van der Waals surface area contributed by atoms with Gasteiger partial charge in [-0.2, -0.15) is 0 Å². The van der Waals surface area contributed by atoms with Crippen LogP contribution in [0.4, 0.5) is 0 Å². The van der Waals surface area contributed by atoms with E-state index in [0.717, 1.165) is 5.56 Å². The molecule has 3 heterocycles. The van der Waals surface area contributed by atoms with Gasteiger partial charge in [0.05, 0.1) is 30.6 Å². The van der Waals surface area contributed by atoms with E-state index in [2.05, 4.69) is 23.7 Å². The van der Waals surface area contributed by atoms with Gasteiger partial charge in [-0.05, 0) is 24.3 Å². The maximum Gasteiger partial charge on any atom is 0.271 e. The third kappa shape index (κ3) is 5.17. The Morgan fingerprint density at radius 1 is 1.30 bits per heavy atom. The van der Waals surface area contributed by atoms with Crippen LogP contribution in [0.15, 0.2) is 46.8 Å². The van der Waals surface area contributed by atoms with Crippen LogP contribution in [0.1, 0.15) is 43.2 Å². The summed E-state index contributed by atoms with van der Waals surface area (Å²) in [5.74, 6) is 5.96. The molecule has 1 aliphatic rings. The van der Waals surface area contributed by atoms with Crippen LogP contribution in [0.3, 0.4) is 0 Å². The minimum Gasteiger partial charge on any atom is -0.388 e. The molecule has 1 fully saturated rings. The highest BCUT2D eigenvalue weighted by Gasteiger charge is 2.35. The summed E-state index contributed by atoms with van der Waals surface area (Å²) in [4.78, 5) is 32.0. The van der Waals surface area contributed by atoms with Gasteiger partial charge in [0.25, 0.3) is 5.56 Å². The molecule has 1 aliphatic heterocycles. The summed E-state index contributed by atoms with van der Waals surface area (Å²) in [6.07, 6.45) is 2.75. The van der Waals surface area contributed by atoms with Crippen LogP contribution in [0, 0.1) is 11.8 Å². The first-order valence-corrected chi connectivity index (χ1v) is 12.0. The lowest BCUT2D eigenvalue weighted by Gasteiger charge is -2.38. The number of hydrogen-bond donors (Lipinski definition) is 2. The third-order valence-electron chi connectivity index (χ3n) is 6.23. The topological polar surface area (TPSA) is 101 Å². The number of hydrogen-bond acceptors (Lipinski definition) is 6. The van der Waals surface area contributed by atoms with Crippen LogP contribution in [0.25, 0.3) is 10.2 Å². The molecule has 0 unspecified atom stereocenters. The predicted octanol–water partition coefficient (Wildman–Crippen LogP) is 2.32. The number of fused-ring (bicyclic) bond motifs is 1. The van der Waals surface area contributed by atoms with Crippen molar-refractivity contribution in [1.29, 1.82) is 0 Å². The lowest BCUT2D eigenvalue weighted by molar-refractivity contribution is -0.136. The molecular formula is C25H28N4O3S. The molecule has 0 bridgehead atoms. The molecule has 4 rings (SSSR count). The van der Waals surface area contributed by atoms with Crippen molar-refractivity contribution >= 4 is 27.5 Å². The maximum absolute atomic E-state index is 12.9. The van der Waals surface area contributed by atoms with Crippen LogP contribution >= 0.6 is 11.3 Å². The molecule has 7 nitrogen and oxygen atoms in total. The Bertz CT molecular complexity index is 1250. The number of carbonyl (C=O) groups excluding carboxylic acids is 1. The van der Waals surface area contributed by atoms with Crippen molar-refractivity contribution in [2.45, 2.75) is 44.2 Å². The molecule has 1 saturated heterocycles. The molecule has 0 saturated carbocycles. The zero-order chi connectivity index (χ0) is 23.4. The normalized spacial score (nSPS) is 16.3. The van der Waals surface area contributed by atoms with Gasteiger partial charge in [-0.25, -0.2) is 4.98 Å². The fourth-order valence-corrected chi connectivity index (χ4v) is 5.13. The zero-order valence-electron chi connectivity index (χ0n) is 18.7. The minimum atomic E-state index is -1.06. The number of amides is 1. The molecule has 172 valence electrons. The molecule has 1 atom stereocenters. The largest absolute Gasteiger partial charge is 0.388 e. The predicted molar refractivity (Wildman–Crippen MR) is 130 cm³/mol. The first kappa shape index (κ1) is 23.2. The molecular weight excluding hydrogens is 436 g/mol. The van der Waals surface area contributed by atoms with Gasteiger partial charge in [0, 0.05) is 24.9 Å². The molecule has 0 radical (unpaired) electrons. The van der Waals surface area contributed by atoms with E-state index >= 15 is 0 Å². The average molecular weight is 465 g/mol. The standard InChI is InChI=1S/C25H28N4O3S/c1-18(19-6-3-2-4-7-19)14-21(30)28-12-9-25(32,10-13-28)16-29-17-27-22-20(8-5-11-26)15-33-23(22)24(29)31/h2-4,6-7,15,17-18,32H,9-14,16,26H2,1H3/t18-/m1/s1. The summed E-state index contributed by atoms with van der Waals surface area (Å²) in [6, 6.07) is 10.0. The van der Waals surface area contributed by atoms with Gasteiger partial charge in [0.1, 0.15) is 10.2 Å². The van der Waals surface area contributed by atoms with E-state index in [-0.39, 0.29) is 30.5 Å². The van der Waals surface area contributed by atoms with Crippen LogP contribution in [-0.4, -0.2) is 50.7 Å². The molecule has 1 aromatic carbocycles. The Balaban J connectivity index is 1.39. The Morgan fingerprint density at radius 2 is 2.03 bits per heavy atom. The molecule has 3 aromatic rings. The van der Waals surface area contributed by atoms with Gasteiger partial charge in [-0.1, -0.05) is 49.1 Å². The van der Waals surface area contributed by atoms with E-state index < -0.39 is 5.60 Å². The van der Waals surface area contributed by atoms with E-state index in [1.807, 2.05) is 35.2 Å². The maximum atomic E-state index is 12.9. The number of nitrogens with two attached hydrogens (primary N) is 1. The second-order valence-corrected chi connectivity index (χ2v) is 9.51. The second kappa shape index (κ2) is 9.87. The van der Waals surface area contributed by atoms with E-state index in [0.29, 0.717) is 48.1 Å². The van der Waals surface area contributed by atoms with E-state index in [9.17, 15) is 14.7 Å². The lowest BCUT2D eigenvalue weighted by atomic mass is 9.90. The number of benzene rings is 1. The number of likely N-dealkylation sites (tertiary alicyclic amines) is 1. The van der Waals surface area contributed by atoms with Crippen molar-refractivity contribution in [3.05, 3.63) is 63.5 Å². The average Bonchev–Trinajstić information content (AvgIpc) is 3.24. The number of rotatable bonds is 5. The SMILES string of the molecule is C[C@H](CC(=O)N1CCC(O)(Cn2cnc3c(C#CCN)csc3c2=O)CC1)c1ccccc1. The highest BCUT2D eigenvalue weighted by atomic mass is 32.1. The number of piperidine rings is 1. The summed E-state index contributed by atoms with van der Waals surface area (Å²) < 4.78 is 1.98. The van der Waals surface area contributed by atoms with Crippen molar-refractivity contribution < 1.29 is 9.90 Å². The molecule has 1 amide bonds. The van der Waals surface area contributed by atoms with Crippen molar-refractivity contribution in [1.82, 2.24) is 14.5 Å². The summed E-state index contributed by atoms with van der Waals surface area (Å²) in [5.41, 5.74) is 6.60. The minimum absolute atomic E-state index is 0.0957. The third-order valence-corrected chi connectivity index (χ3v) is 7.19. The Morgan fingerprint density at radius 3 is 2.73 bits per heavy atom. The van der Waals surface area contributed by atoms with Gasteiger partial charge in [0.15, 0.2) is 0 Å². The monoisotopic (exact) mass is 464 g/mol. The molecule has 0 spiro atoms. The van der Waals surface area contributed by atoms with Gasteiger partial charge in [-0.15, -0.1) is 11.3 Å². The van der Waals surface area contributed by atoms with Crippen molar-refractivity contribution in [3.63, 3.8) is 0 Å². The Labute approximate surface area is 196 Å². The van der Waals surface area contributed by atoms with Gasteiger partial charge >= 0.3 is 0 Å². The summed E-state index contributed by atoms with van der Waals surface area (Å²) in [5, 5.41) is 13.0. The highest BCUT2D eigenvalue weighted by Crippen LogP contribution is 2.27. The van der Waals surface area contributed by atoms with E-state index in [4.69, 9.17) is 5.73 Å². The van der Waals surface area contributed by atoms with Crippen LogP contribution in [0.5, 0.6) is 0 Å². The van der Waals surface area contributed by atoms with Crippen LogP contribution < -0.4 is 11.3 Å². The number of carbonyl (C=O) groups is 1. The summed E-state index contributed by atoms with van der Waals surface area (Å²) in [6.45, 7) is 3.39. The number of nitrogens with zero attached hydrogens (tertiary/aromatic N) is 3. The summed E-state index contributed by atoms with van der Waals surface area (Å²) >= 11 is 1.30. The van der Waals surface area contributed by atoms with Crippen molar-refractivity contribution in [3.8, 4) is 11.8 Å². The number of aliphatic hydroxyl groups is 1. The first-order chi connectivity index (χ1) is 15.9. The molecule has 8 heteroatoms. The smallest absolute Gasteiger partial charge is 0.271 e. The molecule has 2 aromatic heterocycles. The second-order valence-electron chi connectivity index (χ2n) is 8.63. The lowest BCUT2D eigenvalue weighted by Crippen LogP contribution is -2.49. The van der Waals surface area contributed by atoms with Gasteiger partial charge in [-0.3, -0.25) is 14.2 Å². The zero-order valence-corrected chi connectivity index (χ0v) is 19.5. The quantitative estimate of drug-likeness (QED) is 0.565. The van der Waals surface area contributed by atoms with Crippen LogP contribution in [-0.2, 0) is 11.3 Å². The Hall–Kier alpha value is -2.99. The first-order valence-electron chi connectivity index (χ1n) is 11.1.